The fourth-order valence-electron chi connectivity index (χ4n) is 0.992. The lowest BCUT2D eigenvalue weighted by molar-refractivity contribution is -0.125. The Morgan fingerprint density at radius 2 is 2.19 bits per heavy atom. The molecule has 1 aromatic rings. The first-order chi connectivity index (χ1) is 7.42. The highest BCUT2D eigenvalue weighted by Gasteiger charge is 2.28. The number of nitrogens with zero attached hydrogens (tertiary/aromatic N) is 2. The lowest BCUT2D eigenvalue weighted by Gasteiger charge is -2.12. The van der Waals surface area contributed by atoms with Crippen LogP contribution >= 0.6 is 15.9 Å². The van der Waals surface area contributed by atoms with Crippen molar-refractivity contribution < 1.29 is 13.2 Å². The van der Waals surface area contributed by atoms with E-state index in [0.29, 0.717) is 4.47 Å². The van der Waals surface area contributed by atoms with Gasteiger partial charge < -0.3 is 0 Å². The highest BCUT2D eigenvalue weighted by Crippen LogP contribution is 2.17. The maximum atomic E-state index is 11.9. The average molecular weight is 294 g/mol. The summed E-state index contributed by atoms with van der Waals surface area (Å²) in [5, 5.41) is 10.8. The molecule has 3 nitrogen and oxygen atoms in total. The first-order valence-electron chi connectivity index (χ1n) is 4.23. The van der Waals surface area contributed by atoms with Crippen molar-refractivity contribution in [2.24, 2.45) is 0 Å². The second-order valence-corrected chi connectivity index (χ2v) is 3.88. The number of nitrogens with one attached hydrogen (secondary N) is 1. The molecule has 7 heteroatoms. The van der Waals surface area contributed by atoms with E-state index in [4.69, 9.17) is 5.26 Å². The summed E-state index contributed by atoms with van der Waals surface area (Å²) in [5.41, 5.74) is 0.259. The van der Waals surface area contributed by atoms with Crippen LogP contribution in [0.2, 0.25) is 0 Å². The molecular weight excluding hydrogens is 287 g/mol. The van der Waals surface area contributed by atoms with E-state index in [1.165, 1.54) is 12.3 Å². The molecule has 1 N–H and O–H groups in total. The molecule has 0 amide bonds. The fraction of sp³-hybridized carbons (Fsp3) is 0.333. The second-order valence-electron chi connectivity index (χ2n) is 2.96. The topological polar surface area (TPSA) is 48.7 Å². The summed E-state index contributed by atoms with van der Waals surface area (Å²) in [6, 6.07) is 3.76. The Morgan fingerprint density at radius 1 is 1.50 bits per heavy atom. The molecule has 1 rings (SSSR count). The molecule has 1 unspecified atom stereocenters. The minimum atomic E-state index is -4.34. The van der Waals surface area contributed by atoms with Gasteiger partial charge in [0, 0.05) is 10.7 Å². The smallest absolute Gasteiger partial charge is 0.289 e. The molecule has 1 aromatic heterocycles. The van der Waals surface area contributed by atoms with Crippen LogP contribution in [0.5, 0.6) is 0 Å². The Kier molecular flexibility index (Phi) is 4.26. The first kappa shape index (κ1) is 12.9. The monoisotopic (exact) mass is 293 g/mol. The molecule has 1 atom stereocenters. The molecule has 0 saturated heterocycles. The van der Waals surface area contributed by atoms with E-state index in [0.717, 1.165) is 0 Å². The molecule has 0 aliphatic rings. The molecule has 16 heavy (non-hydrogen) atoms. The molecule has 86 valence electrons. The number of alkyl halides is 3. The summed E-state index contributed by atoms with van der Waals surface area (Å²) < 4.78 is 36.5. The number of rotatable bonds is 3. The minimum Gasteiger partial charge on any atom is -0.289 e. The van der Waals surface area contributed by atoms with Crippen molar-refractivity contribution in [1.29, 1.82) is 5.26 Å². The van der Waals surface area contributed by atoms with Crippen molar-refractivity contribution in [3.8, 4) is 6.07 Å². The molecular formula is C9H7BrF3N3. The summed E-state index contributed by atoms with van der Waals surface area (Å²) in [7, 11) is 0. The van der Waals surface area contributed by atoms with Gasteiger partial charge in [0.1, 0.15) is 6.04 Å². The van der Waals surface area contributed by atoms with Crippen LogP contribution in [0.3, 0.4) is 0 Å². The number of hydrogen-bond donors (Lipinski definition) is 1. The fourth-order valence-corrected chi connectivity index (χ4v) is 1.23. The van der Waals surface area contributed by atoms with Crippen LogP contribution in [0.4, 0.5) is 13.2 Å². The largest absolute Gasteiger partial charge is 0.401 e. The Labute approximate surface area is 98.4 Å². The van der Waals surface area contributed by atoms with E-state index in [1.807, 2.05) is 0 Å². The quantitative estimate of drug-likeness (QED) is 0.932. The zero-order valence-corrected chi connectivity index (χ0v) is 9.51. The van der Waals surface area contributed by atoms with Gasteiger partial charge in [-0.25, -0.2) is 0 Å². The van der Waals surface area contributed by atoms with E-state index in [9.17, 15) is 13.2 Å². The van der Waals surface area contributed by atoms with Crippen LogP contribution in [0.25, 0.3) is 0 Å². The van der Waals surface area contributed by atoms with Gasteiger partial charge in [0.25, 0.3) is 0 Å². The molecule has 0 bridgehead atoms. The van der Waals surface area contributed by atoms with Crippen molar-refractivity contribution in [1.82, 2.24) is 10.3 Å². The van der Waals surface area contributed by atoms with Crippen molar-refractivity contribution in [2.75, 3.05) is 6.54 Å². The van der Waals surface area contributed by atoms with Crippen LogP contribution in [0.1, 0.15) is 11.7 Å². The van der Waals surface area contributed by atoms with E-state index < -0.39 is 18.8 Å². The molecule has 0 spiro atoms. The zero-order valence-electron chi connectivity index (χ0n) is 7.92. The van der Waals surface area contributed by atoms with E-state index in [1.54, 1.807) is 12.1 Å². The summed E-state index contributed by atoms with van der Waals surface area (Å²) in [6.07, 6.45) is -2.92. The van der Waals surface area contributed by atoms with Gasteiger partial charge in [0.05, 0.1) is 18.3 Å². The van der Waals surface area contributed by atoms with Crippen LogP contribution < -0.4 is 5.32 Å². The highest BCUT2D eigenvalue weighted by atomic mass is 79.9. The highest BCUT2D eigenvalue weighted by molar-refractivity contribution is 9.10. The van der Waals surface area contributed by atoms with Gasteiger partial charge in [0.2, 0.25) is 0 Å². The summed E-state index contributed by atoms with van der Waals surface area (Å²) in [4.78, 5) is 3.85. The maximum absolute atomic E-state index is 11.9. The molecule has 0 saturated carbocycles. The Hall–Kier alpha value is -1.13. The predicted molar refractivity (Wildman–Crippen MR) is 54.3 cm³/mol. The number of aromatic nitrogens is 1. The molecule has 0 aliphatic carbocycles. The van der Waals surface area contributed by atoms with Gasteiger partial charge in [0.15, 0.2) is 0 Å². The third kappa shape index (κ3) is 4.16. The van der Waals surface area contributed by atoms with Gasteiger partial charge in [-0.3, -0.25) is 10.3 Å². The summed E-state index contributed by atoms with van der Waals surface area (Å²) >= 11 is 3.14. The second kappa shape index (κ2) is 5.27. The normalized spacial score (nSPS) is 13.2. The standard InChI is InChI=1S/C9H7BrF3N3/c10-6-1-2-7(15-4-6)8(3-14)16-5-9(11,12)13/h1-2,4,8,16H,5H2. The zero-order chi connectivity index (χ0) is 12.2. The summed E-state index contributed by atoms with van der Waals surface area (Å²) in [5.74, 6) is 0. The van der Waals surface area contributed by atoms with Gasteiger partial charge >= 0.3 is 6.18 Å². The average Bonchev–Trinajstić information content (AvgIpc) is 2.20. The van der Waals surface area contributed by atoms with Crippen molar-refractivity contribution in [2.45, 2.75) is 12.2 Å². The van der Waals surface area contributed by atoms with E-state index >= 15 is 0 Å². The molecule has 0 aromatic carbocycles. The van der Waals surface area contributed by atoms with Crippen LogP contribution in [0, 0.1) is 11.3 Å². The maximum Gasteiger partial charge on any atom is 0.401 e. The molecule has 0 aliphatic heterocycles. The van der Waals surface area contributed by atoms with Crippen molar-refractivity contribution in [3.05, 3.63) is 28.5 Å². The minimum absolute atomic E-state index is 0.259. The number of nitriles is 1. The lowest BCUT2D eigenvalue weighted by atomic mass is 10.2. The Bertz CT molecular complexity index is 382. The third-order valence-electron chi connectivity index (χ3n) is 1.68. The van der Waals surface area contributed by atoms with Gasteiger partial charge in [-0.05, 0) is 28.1 Å². The van der Waals surface area contributed by atoms with Gasteiger partial charge in [-0.2, -0.15) is 18.4 Å². The van der Waals surface area contributed by atoms with Crippen LogP contribution in [-0.2, 0) is 0 Å². The number of hydrogen-bond acceptors (Lipinski definition) is 3. The van der Waals surface area contributed by atoms with E-state index in [2.05, 4.69) is 26.2 Å². The summed E-state index contributed by atoms with van der Waals surface area (Å²) in [6.45, 7) is -1.22. The SMILES string of the molecule is N#CC(NCC(F)(F)F)c1ccc(Br)cn1. The first-order valence-corrected chi connectivity index (χ1v) is 5.03. The van der Waals surface area contributed by atoms with Gasteiger partial charge in [-0.1, -0.05) is 0 Å². The molecule has 1 heterocycles. The number of halogens is 4. The van der Waals surface area contributed by atoms with Crippen molar-refractivity contribution in [3.63, 3.8) is 0 Å². The van der Waals surface area contributed by atoms with E-state index in [-0.39, 0.29) is 5.69 Å². The molecule has 0 radical (unpaired) electrons. The lowest BCUT2D eigenvalue weighted by Crippen LogP contribution is -2.31. The van der Waals surface area contributed by atoms with Crippen LogP contribution in [-0.4, -0.2) is 17.7 Å². The molecule has 0 fully saturated rings. The Balaban J connectivity index is 2.69. The Morgan fingerprint density at radius 3 is 2.62 bits per heavy atom. The third-order valence-corrected chi connectivity index (χ3v) is 2.15. The van der Waals surface area contributed by atoms with Crippen LogP contribution in [0.15, 0.2) is 22.8 Å². The predicted octanol–water partition coefficient (Wildman–Crippen LogP) is 2.56. The number of pyridine rings is 1. The van der Waals surface area contributed by atoms with Crippen molar-refractivity contribution >= 4 is 15.9 Å². The van der Waals surface area contributed by atoms with Gasteiger partial charge in [-0.15, -0.1) is 0 Å².